The van der Waals surface area contributed by atoms with Crippen LogP contribution in [0.4, 0.5) is 5.69 Å². The van der Waals surface area contributed by atoms with E-state index in [0.29, 0.717) is 11.5 Å². The Morgan fingerprint density at radius 2 is 1.96 bits per heavy atom. The molecule has 0 saturated heterocycles. The number of methoxy groups -OCH3 is 1. The third-order valence-electron chi connectivity index (χ3n) is 3.90. The number of amides is 1. The number of hydrogen-bond acceptors (Lipinski definition) is 4. The molecule has 4 rings (SSSR count). The van der Waals surface area contributed by atoms with E-state index in [1.165, 1.54) is 11.3 Å². The van der Waals surface area contributed by atoms with Gasteiger partial charge in [-0.15, -0.1) is 11.3 Å². The molecule has 1 aromatic heterocycles. The Morgan fingerprint density at radius 3 is 2.75 bits per heavy atom. The summed E-state index contributed by atoms with van der Waals surface area (Å²) in [6.45, 7) is 0.499. The van der Waals surface area contributed by atoms with Crippen molar-refractivity contribution in [2.45, 2.75) is 6.61 Å². The first kappa shape index (κ1) is 14.8. The van der Waals surface area contributed by atoms with Crippen molar-refractivity contribution in [2.24, 2.45) is 0 Å². The van der Waals surface area contributed by atoms with Gasteiger partial charge in [0.05, 0.1) is 12.0 Å². The quantitative estimate of drug-likeness (QED) is 0.762. The Hall–Kier alpha value is -2.79. The Balaban J connectivity index is 1.59. The Morgan fingerprint density at radius 1 is 1.17 bits per heavy atom. The standard InChI is InChI=1S/C19H15NO3S/c1-22-14-8-6-13(7-9-14)20-19(21)17-10-12-11-23-16-5-3-2-4-15(16)18(12)24-17/h2-10H,11H2,1H3,(H,20,21). The molecule has 2 heterocycles. The van der Waals surface area contributed by atoms with Crippen LogP contribution in [0.2, 0.25) is 0 Å². The second-order valence-electron chi connectivity index (χ2n) is 5.43. The van der Waals surface area contributed by atoms with Crippen LogP contribution in [0.5, 0.6) is 11.5 Å². The lowest BCUT2D eigenvalue weighted by atomic mass is 10.1. The van der Waals surface area contributed by atoms with Crippen molar-refractivity contribution in [2.75, 3.05) is 12.4 Å². The van der Waals surface area contributed by atoms with Crippen LogP contribution in [-0.2, 0) is 6.61 Å². The average molecular weight is 337 g/mol. The number of ether oxygens (including phenoxy) is 2. The molecule has 1 aliphatic rings. The zero-order valence-electron chi connectivity index (χ0n) is 13.0. The van der Waals surface area contributed by atoms with E-state index in [0.717, 1.165) is 33.2 Å². The molecule has 2 aromatic carbocycles. The zero-order valence-corrected chi connectivity index (χ0v) is 13.9. The maximum absolute atomic E-state index is 12.5. The van der Waals surface area contributed by atoms with Gasteiger partial charge in [-0.1, -0.05) is 12.1 Å². The van der Waals surface area contributed by atoms with Crippen LogP contribution in [-0.4, -0.2) is 13.0 Å². The van der Waals surface area contributed by atoms with Crippen LogP contribution in [0.25, 0.3) is 10.4 Å². The molecule has 3 aromatic rings. The van der Waals surface area contributed by atoms with Crippen LogP contribution in [0.3, 0.4) is 0 Å². The van der Waals surface area contributed by atoms with Gasteiger partial charge < -0.3 is 14.8 Å². The summed E-state index contributed by atoms with van der Waals surface area (Å²) in [4.78, 5) is 14.3. The van der Waals surface area contributed by atoms with Gasteiger partial charge in [0.2, 0.25) is 0 Å². The topological polar surface area (TPSA) is 47.6 Å². The van der Waals surface area contributed by atoms with Gasteiger partial charge in [-0.05, 0) is 42.5 Å². The predicted octanol–water partition coefficient (Wildman–Crippen LogP) is 4.57. The molecule has 0 atom stereocenters. The third kappa shape index (κ3) is 2.63. The zero-order chi connectivity index (χ0) is 16.5. The molecule has 120 valence electrons. The summed E-state index contributed by atoms with van der Waals surface area (Å²) in [7, 11) is 1.61. The molecule has 24 heavy (non-hydrogen) atoms. The fraction of sp³-hybridized carbons (Fsp3) is 0.105. The van der Waals surface area contributed by atoms with E-state index >= 15 is 0 Å². The number of hydrogen-bond donors (Lipinski definition) is 1. The minimum atomic E-state index is -0.114. The molecule has 1 N–H and O–H groups in total. The van der Waals surface area contributed by atoms with Crippen molar-refractivity contribution < 1.29 is 14.3 Å². The van der Waals surface area contributed by atoms with E-state index in [2.05, 4.69) is 5.32 Å². The lowest BCUT2D eigenvalue weighted by Crippen LogP contribution is -2.10. The molecule has 0 spiro atoms. The Kier molecular flexibility index (Phi) is 3.70. The number of benzene rings is 2. The monoisotopic (exact) mass is 337 g/mol. The maximum Gasteiger partial charge on any atom is 0.265 e. The summed E-state index contributed by atoms with van der Waals surface area (Å²) in [5.41, 5.74) is 2.84. The van der Waals surface area contributed by atoms with Gasteiger partial charge in [0.15, 0.2) is 0 Å². The summed E-state index contributed by atoms with van der Waals surface area (Å²) >= 11 is 1.50. The number of rotatable bonds is 3. The lowest BCUT2D eigenvalue weighted by Gasteiger charge is -2.16. The maximum atomic E-state index is 12.5. The first-order chi connectivity index (χ1) is 11.7. The van der Waals surface area contributed by atoms with Crippen molar-refractivity contribution in [3.05, 3.63) is 65.0 Å². The number of carbonyl (C=O) groups is 1. The molecule has 0 bridgehead atoms. The predicted molar refractivity (Wildman–Crippen MR) is 95.0 cm³/mol. The SMILES string of the molecule is COc1ccc(NC(=O)c2cc3c(s2)-c2ccccc2OC3)cc1. The van der Waals surface area contributed by atoms with Gasteiger partial charge in [0.1, 0.15) is 18.1 Å². The summed E-state index contributed by atoms with van der Waals surface area (Å²) in [6.07, 6.45) is 0. The Labute approximate surface area is 143 Å². The first-order valence-corrected chi connectivity index (χ1v) is 8.36. The van der Waals surface area contributed by atoms with Crippen molar-refractivity contribution in [1.29, 1.82) is 0 Å². The molecule has 0 unspecified atom stereocenters. The molecule has 0 fully saturated rings. The van der Waals surface area contributed by atoms with Crippen molar-refractivity contribution >= 4 is 22.9 Å². The number of carbonyl (C=O) groups excluding carboxylic acids is 1. The number of nitrogens with one attached hydrogen (secondary N) is 1. The summed E-state index contributed by atoms with van der Waals surface area (Å²) < 4.78 is 10.9. The van der Waals surface area contributed by atoms with E-state index in [1.54, 1.807) is 7.11 Å². The van der Waals surface area contributed by atoms with E-state index in [4.69, 9.17) is 9.47 Å². The second-order valence-corrected chi connectivity index (χ2v) is 6.48. The highest BCUT2D eigenvalue weighted by Gasteiger charge is 2.22. The highest BCUT2D eigenvalue weighted by atomic mass is 32.1. The normalized spacial score (nSPS) is 11.9. The van der Waals surface area contributed by atoms with Gasteiger partial charge >= 0.3 is 0 Å². The number of para-hydroxylation sites is 1. The Bertz CT molecular complexity index is 899. The summed E-state index contributed by atoms with van der Waals surface area (Å²) in [6, 6.07) is 17.1. The largest absolute Gasteiger partial charge is 0.497 e. The van der Waals surface area contributed by atoms with E-state index < -0.39 is 0 Å². The average Bonchev–Trinajstić information content (AvgIpc) is 3.07. The number of fused-ring (bicyclic) bond motifs is 3. The minimum Gasteiger partial charge on any atom is -0.497 e. The van der Waals surface area contributed by atoms with Gasteiger partial charge in [-0.2, -0.15) is 0 Å². The van der Waals surface area contributed by atoms with Gasteiger partial charge in [0.25, 0.3) is 5.91 Å². The molecule has 0 aliphatic carbocycles. The molecule has 5 heteroatoms. The van der Waals surface area contributed by atoms with E-state index in [9.17, 15) is 4.79 Å². The van der Waals surface area contributed by atoms with Crippen LogP contribution in [0, 0.1) is 0 Å². The molecule has 1 amide bonds. The molecular weight excluding hydrogens is 322 g/mol. The van der Waals surface area contributed by atoms with E-state index in [-0.39, 0.29) is 5.91 Å². The number of thiophene rings is 1. The molecule has 0 radical (unpaired) electrons. The van der Waals surface area contributed by atoms with Crippen LogP contribution >= 0.6 is 11.3 Å². The van der Waals surface area contributed by atoms with Crippen molar-refractivity contribution in [1.82, 2.24) is 0 Å². The minimum absolute atomic E-state index is 0.114. The fourth-order valence-corrected chi connectivity index (χ4v) is 3.77. The van der Waals surface area contributed by atoms with Crippen molar-refractivity contribution in [3.63, 3.8) is 0 Å². The molecule has 0 saturated carbocycles. The van der Waals surface area contributed by atoms with E-state index in [1.807, 2.05) is 54.6 Å². The highest BCUT2D eigenvalue weighted by Crippen LogP contribution is 2.42. The highest BCUT2D eigenvalue weighted by molar-refractivity contribution is 7.17. The van der Waals surface area contributed by atoms with Gasteiger partial charge in [-0.3, -0.25) is 4.79 Å². The van der Waals surface area contributed by atoms with Crippen LogP contribution in [0.15, 0.2) is 54.6 Å². The van der Waals surface area contributed by atoms with Gasteiger partial charge in [-0.25, -0.2) is 0 Å². The summed E-state index contributed by atoms with van der Waals surface area (Å²) in [5.74, 6) is 1.51. The first-order valence-electron chi connectivity index (χ1n) is 7.55. The molecule has 1 aliphatic heterocycles. The number of anilines is 1. The lowest BCUT2D eigenvalue weighted by molar-refractivity contribution is 0.103. The second kappa shape index (κ2) is 6.02. The van der Waals surface area contributed by atoms with Crippen LogP contribution in [0.1, 0.15) is 15.2 Å². The fourth-order valence-electron chi connectivity index (χ4n) is 2.68. The molecule has 4 nitrogen and oxygen atoms in total. The van der Waals surface area contributed by atoms with Gasteiger partial charge in [0, 0.05) is 21.7 Å². The summed E-state index contributed by atoms with van der Waals surface area (Å²) in [5, 5.41) is 2.92. The smallest absolute Gasteiger partial charge is 0.265 e. The van der Waals surface area contributed by atoms with Crippen LogP contribution < -0.4 is 14.8 Å². The third-order valence-corrected chi connectivity index (χ3v) is 5.10. The van der Waals surface area contributed by atoms with Crippen molar-refractivity contribution in [3.8, 4) is 21.9 Å². The molecular formula is C19H15NO3S.